The van der Waals surface area contributed by atoms with Crippen LogP contribution >= 0.6 is 0 Å². The van der Waals surface area contributed by atoms with Gasteiger partial charge in [-0.25, -0.2) is 0 Å². The zero-order valence-corrected chi connectivity index (χ0v) is 12.2. The SMILES string of the molecule is CCC(CO)N(CCC(=O)O)CC(=O)Nc1ccccc1. The molecule has 6 heteroatoms. The second-order valence-electron chi connectivity index (χ2n) is 4.77. The smallest absolute Gasteiger partial charge is 0.304 e. The summed E-state index contributed by atoms with van der Waals surface area (Å²) in [4.78, 5) is 24.4. The lowest BCUT2D eigenvalue weighted by Crippen LogP contribution is -2.43. The molecule has 0 bridgehead atoms. The Morgan fingerprint density at radius 1 is 1.29 bits per heavy atom. The number of anilines is 1. The molecule has 0 spiro atoms. The first-order valence-electron chi connectivity index (χ1n) is 6.98. The molecule has 1 rings (SSSR count). The number of nitrogens with one attached hydrogen (secondary N) is 1. The molecule has 1 amide bonds. The molecule has 0 fully saturated rings. The van der Waals surface area contributed by atoms with Crippen LogP contribution in [0, 0.1) is 0 Å². The fourth-order valence-electron chi connectivity index (χ4n) is 2.04. The minimum atomic E-state index is -0.920. The largest absolute Gasteiger partial charge is 0.481 e. The first-order valence-corrected chi connectivity index (χ1v) is 6.98. The summed E-state index contributed by atoms with van der Waals surface area (Å²) < 4.78 is 0. The number of rotatable bonds is 9. The number of carboxylic acids is 1. The molecule has 0 saturated heterocycles. The normalized spacial score (nSPS) is 12.1. The molecule has 21 heavy (non-hydrogen) atoms. The minimum absolute atomic E-state index is 0.0568. The highest BCUT2D eigenvalue weighted by Gasteiger charge is 2.19. The van der Waals surface area contributed by atoms with E-state index in [2.05, 4.69) is 5.32 Å². The van der Waals surface area contributed by atoms with Crippen molar-refractivity contribution in [3.05, 3.63) is 30.3 Å². The Labute approximate surface area is 124 Å². The van der Waals surface area contributed by atoms with Gasteiger partial charge in [0, 0.05) is 18.3 Å². The van der Waals surface area contributed by atoms with E-state index in [4.69, 9.17) is 5.11 Å². The quantitative estimate of drug-likeness (QED) is 0.636. The average Bonchev–Trinajstić information content (AvgIpc) is 2.46. The van der Waals surface area contributed by atoms with Crippen molar-refractivity contribution in [3.8, 4) is 0 Å². The van der Waals surface area contributed by atoms with Crippen molar-refractivity contribution in [2.75, 3.05) is 25.0 Å². The molecule has 1 atom stereocenters. The van der Waals surface area contributed by atoms with Gasteiger partial charge in [0.25, 0.3) is 0 Å². The van der Waals surface area contributed by atoms with Crippen LogP contribution in [0.1, 0.15) is 19.8 Å². The second kappa shape index (κ2) is 9.10. The number of hydrogen-bond acceptors (Lipinski definition) is 4. The van der Waals surface area contributed by atoms with Gasteiger partial charge in [-0.3, -0.25) is 14.5 Å². The average molecular weight is 294 g/mol. The Hall–Kier alpha value is -1.92. The van der Waals surface area contributed by atoms with Crippen LogP contribution in [0.5, 0.6) is 0 Å². The predicted molar refractivity (Wildman–Crippen MR) is 80.1 cm³/mol. The molecule has 0 aromatic heterocycles. The van der Waals surface area contributed by atoms with Gasteiger partial charge in [0.1, 0.15) is 0 Å². The van der Waals surface area contributed by atoms with E-state index in [1.807, 2.05) is 25.1 Å². The number of aliphatic hydroxyl groups is 1. The Bertz CT molecular complexity index is 446. The van der Waals surface area contributed by atoms with Crippen molar-refractivity contribution in [2.45, 2.75) is 25.8 Å². The maximum atomic E-state index is 12.0. The molecule has 0 aliphatic rings. The fourth-order valence-corrected chi connectivity index (χ4v) is 2.04. The van der Waals surface area contributed by atoms with E-state index < -0.39 is 5.97 Å². The summed E-state index contributed by atoms with van der Waals surface area (Å²) in [6.07, 6.45) is 0.587. The van der Waals surface area contributed by atoms with Crippen molar-refractivity contribution in [1.82, 2.24) is 4.90 Å². The molecule has 0 radical (unpaired) electrons. The topological polar surface area (TPSA) is 89.9 Å². The van der Waals surface area contributed by atoms with E-state index in [1.54, 1.807) is 17.0 Å². The molecule has 1 unspecified atom stereocenters. The summed E-state index contributed by atoms with van der Waals surface area (Å²) in [6, 6.07) is 8.84. The van der Waals surface area contributed by atoms with Gasteiger partial charge in [-0.15, -0.1) is 0 Å². The van der Waals surface area contributed by atoms with E-state index in [0.717, 1.165) is 0 Å². The van der Waals surface area contributed by atoms with Crippen molar-refractivity contribution in [3.63, 3.8) is 0 Å². The van der Waals surface area contributed by atoms with Crippen molar-refractivity contribution in [2.24, 2.45) is 0 Å². The zero-order chi connectivity index (χ0) is 15.7. The van der Waals surface area contributed by atoms with Gasteiger partial charge in [0.05, 0.1) is 19.6 Å². The van der Waals surface area contributed by atoms with E-state index in [9.17, 15) is 14.7 Å². The summed E-state index contributed by atoms with van der Waals surface area (Å²) in [5.41, 5.74) is 0.692. The molecule has 0 aliphatic heterocycles. The lowest BCUT2D eigenvalue weighted by Gasteiger charge is -2.28. The van der Waals surface area contributed by atoms with Gasteiger partial charge in [0.2, 0.25) is 5.91 Å². The highest BCUT2D eigenvalue weighted by molar-refractivity contribution is 5.92. The number of amides is 1. The third-order valence-electron chi connectivity index (χ3n) is 3.22. The molecule has 116 valence electrons. The number of aliphatic hydroxyl groups excluding tert-OH is 1. The van der Waals surface area contributed by atoms with E-state index in [0.29, 0.717) is 12.1 Å². The summed E-state index contributed by atoms with van der Waals surface area (Å²) in [5.74, 6) is -1.14. The Morgan fingerprint density at radius 3 is 2.48 bits per heavy atom. The van der Waals surface area contributed by atoms with E-state index in [-0.39, 0.29) is 38.1 Å². The van der Waals surface area contributed by atoms with Gasteiger partial charge in [0.15, 0.2) is 0 Å². The van der Waals surface area contributed by atoms with Gasteiger partial charge in [-0.2, -0.15) is 0 Å². The number of carboxylic acid groups (broad SMARTS) is 1. The van der Waals surface area contributed by atoms with Crippen LogP contribution in [-0.4, -0.2) is 52.7 Å². The Kier molecular flexibility index (Phi) is 7.42. The maximum absolute atomic E-state index is 12.0. The van der Waals surface area contributed by atoms with Crippen LogP contribution in [-0.2, 0) is 9.59 Å². The number of benzene rings is 1. The van der Waals surface area contributed by atoms with Crippen LogP contribution in [0.25, 0.3) is 0 Å². The first-order chi connectivity index (χ1) is 10.1. The molecule has 1 aromatic carbocycles. The molecule has 3 N–H and O–H groups in total. The van der Waals surface area contributed by atoms with Gasteiger partial charge < -0.3 is 15.5 Å². The third-order valence-corrected chi connectivity index (χ3v) is 3.22. The third kappa shape index (κ3) is 6.37. The van der Waals surface area contributed by atoms with E-state index >= 15 is 0 Å². The Morgan fingerprint density at radius 2 is 1.95 bits per heavy atom. The van der Waals surface area contributed by atoms with E-state index in [1.165, 1.54) is 0 Å². The molecule has 1 aromatic rings. The van der Waals surface area contributed by atoms with Crippen LogP contribution in [0.3, 0.4) is 0 Å². The number of hydrogen-bond donors (Lipinski definition) is 3. The van der Waals surface area contributed by atoms with Crippen molar-refractivity contribution >= 4 is 17.6 Å². The van der Waals surface area contributed by atoms with Crippen LogP contribution in [0.4, 0.5) is 5.69 Å². The van der Waals surface area contributed by atoms with Gasteiger partial charge in [-0.1, -0.05) is 25.1 Å². The number of carbonyl (C=O) groups excluding carboxylic acids is 1. The fraction of sp³-hybridized carbons (Fsp3) is 0.467. The Balaban J connectivity index is 2.61. The standard InChI is InChI=1S/C15H22N2O4/c1-2-13(11-18)17(9-8-15(20)21)10-14(19)16-12-6-4-3-5-7-12/h3-7,13,18H,2,8-11H2,1H3,(H,16,19)(H,20,21). The number of nitrogens with zero attached hydrogens (tertiary/aromatic N) is 1. The summed E-state index contributed by atoms with van der Waals surface area (Å²) >= 11 is 0. The lowest BCUT2D eigenvalue weighted by atomic mass is 10.2. The number of aliphatic carboxylic acids is 1. The summed E-state index contributed by atoms with van der Waals surface area (Å²) in [5, 5.41) is 20.9. The first kappa shape index (κ1) is 17.1. The number of carbonyl (C=O) groups is 2. The summed E-state index contributed by atoms with van der Waals surface area (Å²) in [7, 11) is 0. The minimum Gasteiger partial charge on any atom is -0.481 e. The van der Waals surface area contributed by atoms with Crippen molar-refractivity contribution in [1.29, 1.82) is 0 Å². The molecule has 0 heterocycles. The summed E-state index contributed by atoms with van der Waals surface area (Å²) in [6.45, 7) is 2.08. The molecule has 0 aliphatic carbocycles. The molecular formula is C15H22N2O4. The highest BCUT2D eigenvalue weighted by atomic mass is 16.4. The second-order valence-corrected chi connectivity index (χ2v) is 4.77. The monoisotopic (exact) mass is 294 g/mol. The molecule has 0 saturated carbocycles. The van der Waals surface area contributed by atoms with Crippen molar-refractivity contribution < 1.29 is 19.8 Å². The van der Waals surface area contributed by atoms with Gasteiger partial charge >= 0.3 is 5.97 Å². The predicted octanol–water partition coefficient (Wildman–Crippen LogP) is 1.17. The molecule has 6 nitrogen and oxygen atoms in total. The van der Waals surface area contributed by atoms with Crippen LogP contribution in [0.15, 0.2) is 30.3 Å². The molecular weight excluding hydrogens is 272 g/mol. The van der Waals surface area contributed by atoms with Crippen LogP contribution in [0.2, 0.25) is 0 Å². The maximum Gasteiger partial charge on any atom is 0.304 e. The zero-order valence-electron chi connectivity index (χ0n) is 12.2. The highest BCUT2D eigenvalue weighted by Crippen LogP contribution is 2.08. The lowest BCUT2D eigenvalue weighted by molar-refractivity contribution is -0.138. The van der Waals surface area contributed by atoms with Crippen LogP contribution < -0.4 is 5.32 Å². The van der Waals surface area contributed by atoms with Gasteiger partial charge in [-0.05, 0) is 18.6 Å². The number of para-hydroxylation sites is 1.